The van der Waals surface area contributed by atoms with Crippen molar-refractivity contribution in [2.24, 2.45) is 39.6 Å². The molecule has 0 amide bonds. The third kappa shape index (κ3) is 3.04. The van der Waals surface area contributed by atoms with Crippen LogP contribution in [-0.2, 0) is 9.59 Å². The molecule has 5 nitrogen and oxygen atoms in total. The molecule has 0 aliphatic heterocycles. The zero-order valence-corrected chi connectivity index (χ0v) is 11.5. The monoisotopic (exact) mass is 273 g/mol. The summed E-state index contributed by atoms with van der Waals surface area (Å²) in [5, 5.41) is 0. The second kappa shape index (κ2) is 7.14. The van der Waals surface area contributed by atoms with Gasteiger partial charge in [-0.15, -0.1) is 0 Å². The number of hydrogen-bond acceptors (Lipinski definition) is 4. The number of hydrogen-bond donors (Lipinski definition) is 0. The van der Waals surface area contributed by atoms with Crippen LogP contribution in [0.5, 0.6) is 0 Å². The maximum absolute atomic E-state index is 10.4. The van der Waals surface area contributed by atoms with E-state index in [9.17, 15) is 9.59 Å². The van der Waals surface area contributed by atoms with Gasteiger partial charge in [-0.2, -0.15) is 0 Å². The Kier molecular flexibility index (Phi) is 5.24. The van der Waals surface area contributed by atoms with Crippen molar-refractivity contribution >= 4 is 12.2 Å². The molecule has 0 aromatic rings. The predicted molar refractivity (Wildman–Crippen MR) is 73.4 cm³/mol. The maximum Gasteiger partial charge on any atom is 0.234 e. The highest BCUT2D eigenvalue weighted by atomic mass is 16.1. The molecule has 106 valence electrons. The topological polar surface area (TPSA) is 63.2 Å². The Bertz CT molecular complexity index is 472. The molecule has 2 aliphatic carbocycles. The summed E-state index contributed by atoms with van der Waals surface area (Å²) in [5.41, 5.74) is 0. The van der Waals surface area contributed by atoms with E-state index >= 15 is 0 Å². The largest absolute Gasteiger partial charge is 0.317 e. The Balaban J connectivity index is 2.02. The Morgan fingerprint density at radius 2 is 1.85 bits per heavy atom. The van der Waals surface area contributed by atoms with Crippen LogP contribution in [0.2, 0.25) is 0 Å². The molecule has 0 radical (unpaired) electrons. The second-order valence-corrected chi connectivity index (χ2v) is 5.87. The van der Waals surface area contributed by atoms with Gasteiger partial charge >= 0.3 is 0 Å². The quantitative estimate of drug-likeness (QED) is 0.309. The lowest BCUT2D eigenvalue weighted by atomic mass is 9.72. The molecular weight excluding hydrogens is 254 g/mol. The average molecular weight is 273 g/mol. The lowest BCUT2D eigenvalue weighted by Crippen LogP contribution is -2.31. The normalized spacial score (nSPS) is 34.0. The lowest BCUT2D eigenvalue weighted by Gasteiger charge is -2.34. The van der Waals surface area contributed by atoms with E-state index in [1.807, 2.05) is 0 Å². The van der Waals surface area contributed by atoms with E-state index in [1.165, 1.54) is 0 Å². The van der Waals surface area contributed by atoms with Gasteiger partial charge in [-0.3, -0.25) is 0 Å². The molecule has 2 fully saturated rings. The molecule has 5 unspecified atom stereocenters. The first-order valence-electron chi connectivity index (χ1n) is 7.22. The summed E-state index contributed by atoms with van der Waals surface area (Å²) in [6, 6.07) is 0. The summed E-state index contributed by atoms with van der Waals surface area (Å²) >= 11 is 0. The Morgan fingerprint density at radius 1 is 1.10 bits per heavy atom. The van der Waals surface area contributed by atoms with Crippen LogP contribution in [0, 0.1) is 36.2 Å². The smallest absolute Gasteiger partial charge is 0.234 e. The molecule has 2 saturated carbocycles. The first-order chi connectivity index (χ1) is 9.81. The molecule has 0 spiro atoms. The SMILES string of the molecule is [C-]#[N+]CCCC1C(CN=C=O)C2CC(CN=C=O)C1C2. The summed E-state index contributed by atoms with van der Waals surface area (Å²) in [6.45, 7) is 8.58. The number of rotatable bonds is 7. The van der Waals surface area contributed by atoms with Gasteiger partial charge in [0, 0.05) is 6.42 Å². The Hall–Kier alpha value is -1.75. The van der Waals surface area contributed by atoms with Crippen LogP contribution in [0.1, 0.15) is 25.7 Å². The third-order valence-corrected chi connectivity index (χ3v) is 5.06. The van der Waals surface area contributed by atoms with E-state index in [2.05, 4.69) is 14.8 Å². The summed E-state index contributed by atoms with van der Waals surface area (Å²) in [6.07, 6.45) is 7.43. The van der Waals surface area contributed by atoms with E-state index in [1.54, 1.807) is 12.2 Å². The molecule has 5 heteroatoms. The van der Waals surface area contributed by atoms with Crippen LogP contribution in [0.25, 0.3) is 4.85 Å². The van der Waals surface area contributed by atoms with E-state index in [4.69, 9.17) is 6.57 Å². The van der Waals surface area contributed by atoms with Gasteiger partial charge in [0.1, 0.15) is 0 Å². The number of isocyanates is 2. The van der Waals surface area contributed by atoms with Gasteiger partial charge < -0.3 is 4.85 Å². The minimum Gasteiger partial charge on any atom is -0.317 e. The van der Waals surface area contributed by atoms with Gasteiger partial charge in [0.15, 0.2) is 0 Å². The van der Waals surface area contributed by atoms with Gasteiger partial charge in [0.25, 0.3) is 0 Å². The van der Waals surface area contributed by atoms with E-state index in [0.717, 1.165) is 25.7 Å². The number of fused-ring (bicyclic) bond motifs is 2. The van der Waals surface area contributed by atoms with Crippen molar-refractivity contribution in [1.29, 1.82) is 0 Å². The zero-order chi connectivity index (χ0) is 14.4. The fraction of sp³-hybridized carbons (Fsp3) is 0.800. The molecule has 0 heterocycles. The van der Waals surface area contributed by atoms with Gasteiger partial charge in [-0.1, -0.05) is 0 Å². The van der Waals surface area contributed by atoms with Gasteiger partial charge in [-0.05, 0) is 48.9 Å². The molecule has 2 rings (SSSR count). The highest BCUT2D eigenvalue weighted by Gasteiger charge is 2.51. The molecule has 2 aliphatic rings. The van der Waals surface area contributed by atoms with Crippen LogP contribution < -0.4 is 0 Å². The van der Waals surface area contributed by atoms with Gasteiger partial charge in [-0.25, -0.2) is 26.1 Å². The zero-order valence-electron chi connectivity index (χ0n) is 11.5. The molecule has 0 aromatic carbocycles. The fourth-order valence-corrected chi connectivity index (χ4v) is 4.37. The van der Waals surface area contributed by atoms with Crippen molar-refractivity contribution in [1.82, 2.24) is 0 Å². The molecule has 0 saturated heterocycles. The molecule has 0 aromatic heterocycles. The van der Waals surface area contributed by atoms with Gasteiger partial charge in [0.2, 0.25) is 18.7 Å². The summed E-state index contributed by atoms with van der Waals surface area (Å²) in [7, 11) is 0. The van der Waals surface area contributed by atoms with Crippen LogP contribution in [-0.4, -0.2) is 31.8 Å². The number of nitrogens with zero attached hydrogens (tertiary/aromatic N) is 3. The summed E-state index contributed by atoms with van der Waals surface area (Å²) in [4.78, 5) is 31.6. The van der Waals surface area contributed by atoms with E-state index < -0.39 is 0 Å². The third-order valence-electron chi connectivity index (χ3n) is 5.06. The minimum atomic E-state index is 0.448. The van der Waals surface area contributed by atoms with Crippen LogP contribution in [0.3, 0.4) is 0 Å². The number of carbonyl (C=O) groups excluding carboxylic acids is 2. The fourth-order valence-electron chi connectivity index (χ4n) is 4.37. The highest BCUT2D eigenvalue weighted by Crippen LogP contribution is 2.56. The molecule has 5 atom stereocenters. The summed E-state index contributed by atoms with van der Waals surface area (Å²) in [5.74, 6) is 2.58. The van der Waals surface area contributed by atoms with Crippen molar-refractivity contribution in [3.8, 4) is 0 Å². The molecule has 2 bridgehead atoms. The highest BCUT2D eigenvalue weighted by molar-refractivity contribution is 5.33. The first-order valence-corrected chi connectivity index (χ1v) is 7.22. The maximum atomic E-state index is 10.4. The first kappa shape index (κ1) is 14.7. The standard InChI is InChI=1S/C15H19N3O2/c1-16-4-2-3-13-14-6-11(15(13)8-18-10-20)5-12(14)7-17-9-19/h11-15H,2-8H2. The lowest BCUT2D eigenvalue weighted by molar-refractivity contribution is 0.160. The van der Waals surface area contributed by atoms with E-state index in [-0.39, 0.29) is 0 Å². The van der Waals surface area contributed by atoms with Crippen molar-refractivity contribution in [3.05, 3.63) is 11.4 Å². The molecule has 0 N–H and O–H groups in total. The van der Waals surface area contributed by atoms with Crippen molar-refractivity contribution < 1.29 is 9.59 Å². The minimum absolute atomic E-state index is 0.448. The van der Waals surface area contributed by atoms with Crippen molar-refractivity contribution in [2.75, 3.05) is 19.6 Å². The van der Waals surface area contributed by atoms with Crippen molar-refractivity contribution in [3.63, 3.8) is 0 Å². The van der Waals surface area contributed by atoms with Crippen molar-refractivity contribution in [2.45, 2.75) is 25.7 Å². The van der Waals surface area contributed by atoms with Crippen LogP contribution in [0.4, 0.5) is 0 Å². The summed E-state index contributed by atoms with van der Waals surface area (Å²) < 4.78 is 0. The average Bonchev–Trinajstić information content (AvgIpc) is 3.01. The van der Waals surface area contributed by atoms with Crippen LogP contribution in [0.15, 0.2) is 9.98 Å². The Morgan fingerprint density at radius 3 is 2.55 bits per heavy atom. The number of aliphatic imine (C=N–C) groups is 2. The Labute approximate surface area is 119 Å². The predicted octanol–water partition coefficient (Wildman–Crippen LogP) is 2.25. The molecule has 20 heavy (non-hydrogen) atoms. The van der Waals surface area contributed by atoms with Gasteiger partial charge in [0.05, 0.1) is 13.1 Å². The van der Waals surface area contributed by atoms with E-state index in [0.29, 0.717) is 49.2 Å². The molecular formula is C15H19N3O2. The van der Waals surface area contributed by atoms with Crippen LogP contribution >= 0.6 is 0 Å². The second-order valence-electron chi connectivity index (χ2n) is 5.87.